The van der Waals surface area contributed by atoms with Crippen LogP contribution in [-0.4, -0.2) is 12.0 Å². The topological polar surface area (TPSA) is 51.5 Å². The first-order valence-electron chi connectivity index (χ1n) is 9.39. The maximum Gasteiger partial charge on any atom is 0.265 e. The van der Waals surface area contributed by atoms with Gasteiger partial charge in [0.15, 0.2) is 6.10 Å². The van der Waals surface area contributed by atoms with E-state index in [0.29, 0.717) is 5.69 Å². The average molecular weight is 373 g/mol. The summed E-state index contributed by atoms with van der Waals surface area (Å²) in [6.07, 6.45) is -0.619. The van der Waals surface area contributed by atoms with E-state index in [1.165, 1.54) is 0 Å². The Kier molecular flexibility index (Phi) is 4.55. The smallest absolute Gasteiger partial charge is 0.265 e. The number of benzene rings is 3. The predicted octanol–water partition coefficient (Wildman–Crippen LogP) is 5.92. The van der Waals surface area contributed by atoms with Crippen molar-refractivity contribution in [3.63, 3.8) is 0 Å². The van der Waals surface area contributed by atoms with Crippen LogP contribution in [0.1, 0.15) is 23.6 Å². The molecular formula is C24H23NO3. The Balaban J connectivity index is 1.53. The van der Waals surface area contributed by atoms with Gasteiger partial charge in [0.25, 0.3) is 5.91 Å². The maximum absolute atomic E-state index is 12.6. The van der Waals surface area contributed by atoms with Gasteiger partial charge in [-0.3, -0.25) is 4.79 Å². The van der Waals surface area contributed by atoms with Crippen molar-refractivity contribution >= 4 is 33.5 Å². The number of rotatable bonds is 4. The van der Waals surface area contributed by atoms with Crippen molar-refractivity contribution < 1.29 is 13.9 Å². The molecule has 1 heterocycles. The van der Waals surface area contributed by atoms with Crippen molar-refractivity contribution in [2.75, 3.05) is 5.32 Å². The van der Waals surface area contributed by atoms with Gasteiger partial charge in [-0.05, 0) is 68.7 Å². The van der Waals surface area contributed by atoms with Gasteiger partial charge in [0.1, 0.15) is 16.9 Å². The van der Waals surface area contributed by atoms with Crippen LogP contribution in [0.5, 0.6) is 5.75 Å². The van der Waals surface area contributed by atoms with Gasteiger partial charge in [0.05, 0.1) is 0 Å². The number of ether oxygens (including phenoxy) is 1. The summed E-state index contributed by atoms with van der Waals surface area (Å²) in [6.45, 7) is 7.82. The fraction of sp³-hybridized carbons (Fsp3) is 0.208. The number of nitrogens with one attached hydrogen (secondary N) is 1. The minimum absolute atomic E-state index is 0.200. The molecule has 1 atom stereocenters. The molecule has 1 N–H and O–H groups in total. The first-order chi connectivity index (χ1) is 13.4. The highest BCUT2D eigenvalue weighted by Gasteiger charge is 2.17. The summed E-state index contributed by atoms with van der Waals surface area (Å²) in [5.41, 5.74) is 5.58. The molecule has 1 aromatic heterocycles. The Labute approximate surface area is 164 Å². The normalized spacial score (nSPS) is 12.3. The molecule has 4 heteroatoms. The third-order valence-electron chi connectivity index (χ3n) is 5.08. The van der Waals surface area contributed by atoms with Crippen molar-refractivity contribution in [1.82, 2.24) is 0 Å². The van der Waals surface area contributed by atoms with Gasteiger partial charge < -0.3 is 14.5 Å². The number of para-hydroxylation sites is 1. The van der Waals surface area contributed by atoms with Crippen LogP contribution in [0.25, 0.3) is 21.9 Å². The van der Waals surface area contributed by atoms with Crippen molar-refractivity contribution in [2.45, 2.75) is 33.8 Å². The van der Waals surface area contributed by atoms with Crippen molar-refractivity contribution in [3.05, 3.63) is 71.3 Å². The van der Waals surface area contributed by atoms with Crippen LogP contribution < -0.4 is 10.1 Å². The minimum Gasteiger partial charge on any atom is -0.481 e. The lowest BCUT2D eigenvalue weighted by atomic mass is 10.1. The zero-order valence-electron chi connectivity index (χ0n) is 16.5. The van der Waals surface area contributed by atoms with Crippen molar-refractivity contribution in [1.29, 1.82) is 0 Å². The molecular weight excluding hydrogens is 350 g/mol. The van der Waals surface area contributed by atoms with E-state index in [9.17, 15) is 4.79 Å². The molecule has 142 valence electrons. The fourth-order valence-corrected chi connectivity index (χ4v) is 3.41. The molecule has 0 unspecified atom stereocenters. The second-order valence-electron chi connectivity index (χ2n) is 7.26. The molecule has 0 saturated carbocycles. The largest absolute Gasteiger partial charge is 0.481 e. The number of fused-ring (bicyclic) bond motifs is 3. The number of aryl methyl sites for hydroxylation is 2. The standard InChI is InChI=1S/C24H23NO3/c1-14-11-15(2)16(3)22(12-14)27-17(4)24(26)25-18-9-10-20-19-7-5-6-8-21(19)28-23(20)13-18/h5-13,17H,1-4H3,(H,25,26)/t17-/m0/s1. The number of furan rings is 1. The van der Waals surface area contributed by atoms with Gasteiger partial charge in [-0.2, -0.15) is 0 Å². The summed E-state index contributed by atoms with van der Waals surface area (Å²) in [7, 11) is 0. The van der Waals surface area contributed by atoms with Crippen LogP contribution >= 0.6 is 0 Å². The lowest BCUT2D eigenvalue weighted by Crippen LogP contribution is -2.30. The Morgan fingerprint density at radius 2 is 1.71 bits per heavy atom. The molecule has 0 fully saturated rings. The van der Waals surface area contributed by atoms with E-state index >= 15 is 0 Å². The molecule has 0 saturated heterocycles. The highest BCUT2D eigenvalue weighted by atomic mass is 16.5. The second kappa shape index (κ2) is 7.04. The minimum atomic E-state index is -0.619. The average Bonchev–Trinajstić information content (AvgIpc) is 3.03. The van der Waals surface area contributed by atoms with Gasteiger partial charge >= 0.3 is 0 Å². The van der Waals surface area contributed by atoms with E-state index in [1.807, 2.05) is 69.3 Å². The number of hydrogen-bond donors (Lipinski definition) is 1. The van der Waals surface area contributed by atoms with Crippen LogP contribution in [0.4, 0.5) is 5.69 Å². The quantitative estimate of drug-likeness (QED) is 0.483. The van der Waals surface area contributed by atoms with Gasteiger partial charge in [-0.25, -0.2) is 0 Å². The van der Waals surface area contributed by atoms with Crippen LogP contribution in [0.15, 0.2) is 59.0 Å². The second-order valence-corrected chi connectivity index (χ2v) is 7.26. The molecule has 0 spiro atoms. The van der Waals surface area contributed by atoms with Gasteiger partial charge in [0.2, 0.25) is 0 Å². The summed E-state index contributed by atoms with van der Waals surface area (Å²) < 4.78 is 11.8. The Morgan fingerprint density at radius 1 is 0.964 bits per heavy atom. The molecule has 1 amide bonds. The van der Waals surface area contributed by atoms with Crippen molar-refractivity contribution in [3.8, 4) is 5.75 Å². The van der Waals surface area contributed by atoms with Crippen molar-refractivity contribution in [2.24, 2.45) is 0 Å². The van der Waals surface area contributed by atoms with Gasteiger partial charge in [-0.15, -0.1) is 0 Å². The lowest BCUT2D eigenvalue weighted by Gasteiger charge is -2.18. The number of hydrogen-bond acceptors (Lipinski definition) is 3. The van der Waals surface area contributed by atoms with Crippen LogP contribution in [0, 0.1) is 20.8 Å². The maximum atomic E-state index is 12.6. The van der Waals surface area contributed by atoms with E-state index in [4.69, 9.17) is 9.15 Å². The van der Waals surface area contributed by atoms with Crippen LogP contribution in [0.2, 0.25) is 0 Å². The van der Waals surface area contributed by atoms with E-state index in [1.54, 1.807) is 6.92 Å². The number of anilines is 1. The van der Waals surface area contributed by atoms with E-state index in [2.05, 4.69) is 11.4 Å². The third-order valence-corrected chi connectivity index (χ3v) is 5.08. The Hall–Kier alpha value is -3.27. The first kappa shape index (κ1) is 18.1. The predicted molar refractivity (Wildman–Crippen MR) is 113 cm³/mol. The third kappa shape index (κ3) is 3.33. The molecule has 0 aliphatic heterocycles. The van der Waals surface area contributed by atoms with E-state index in [-0.39, 0.29) is 5.91 Å². The zero-order chi connectivity index (χ0) is 19.8. The summed E-state index contributed by atoms with van der Waals surface area (Å²) in [5.74, 6) is 0.543. The van der Waals surface area contributed by atoms with E-state index in [0.717, 1.165) is 44.4 Å². The highest BCUT2D eigenvalue weighted by molar-refractivity contribution is 6.06. The van der Waals surface area contributed by atoms with E-state index < -0.39 is 6.10 Å². The molecule has 28 heavy (non-hydrogen) atoms. The SMILES string of the molecule is Cc1cc(C)c(C)c(O[C@@H](C)C(=O)Nc2ccc3c(c2)oc2ccccc23)c1. The van der Waals surface area contributed by atoms with Gasteiger partial charge in [0, 0.05) is 22.5 Å². The summed E-state index contributed by atoms with van der Waals surface area (Å²) in [6, 6.07) is 17.7. The highest BCUT2D eigenvalue weighted by Crippen LogP contribution is 2.30. The molecule has 0 aliphatic rings. The van der Waals surface area contributed by atoms with Crippen LogP contribution in [-0.2, 0) is 4.79 Å². The zero-order valence-corrected chi connectivity index (χ0v) is 16.5. The number of carbonyl (C=O) groups excluding carboxylic acids is 1. The Bertz CT molecular complexity index is 1190. The molecule has 0 aliphatic carbocycles. The summed E-state index contributed by atoms with van der Waals surface area (Å²) in [4.78, 5) is 12.6. The molecule has 3 aromatic carbocycles. The molecule has 4 nitrogen and oxygen atoms in total. The fourth-order valence-electron chi connectivity index (χ4n) is 3.41. The summed E-state index contributed by atoms with van der Waals surface area (Å²) >= 11 is 0. The van der Waals surface area contributed by atoms with Gasteiger partial charge in [-0.1, -0.05) is 24.3 Å². The molecule has 4 aromatic rings. The monoisotopic (exact) mass is 373 g/mol. The molecule has 0 radical (unpaired) electrons. The number of amides is 1. The summed E-state index contributed by atoms with van der Waals surface area (Å²) in [5, 5.41) is 5.02. The Morgan fingerprint density at radius 3 is 2.54 bits per heavy atom. The van der Waals surface area contributed by atoms with Crippen LogP contribution in [0.3, 0.4) is 0 Å². The first-order valence-corrected chi connectivity index (χ1v) is 9.39. The molecule has 4 rings (SSSR count). The number of carbonyl (C=O) groups is 1. The lowest BCUT2D eigenvalue weighted by molar-refractivity contribution is -0.122. The molecule has 0 bridgehead atoms.